The van der Waals surface area contributed by atoms with Crippen molar-refractivity contribution in [1.82, 2.24) is 15.1 Å². The second kappa shape index (κ2) is 6.85. The lowest BCUT2D eigenvalue weighted by molar-refractivity contribution is 0.0678. The first kappa shape index (κ1) is 19.1. The fourth-order valence-electron chi connectivity index (χ4n) is 4.42. The van der Waals surface area contributed by atoms with Crippen LogP contribution in [-0.2, 0) is 9.84 Å². The van der Waals surface area contributed by atoms with Crippen LogP contribution in [0, 0.1) is 0 Å². The number of nitrogens with zero attached hydrogens (tertiary/aromatic N) is 2. The van der Waals surface area contributed by atoms with Crippen LogP contribution in [0.4, 0.5) is 0 Å². The van der Waals surface area contributed by atoms with Crippen LogP contribution in [-0.4, -0.2) is 52.1 Å². The molecule has 30 heavy (non-hydrogen) atoms. The summed E-state index contributed by atoms with van der Waals surface area (Å²) in [5, 5.41) is 18.0. The number of halogens is 1. The third-order valence-electron chi connectivity index (χ3n) is 5.73. The minimum Gasteiger partial charge on any atom is -0.507 e. The molecule has 1 fully saturated rings. The lowest BCUT2D eigenvalue weighted by Crippen LogP contribution is -2.40. The van der Waals surface area contributed by atoms with Gasteiger partial charge in [-0.25, -0.2) is 8.42 Å². The normalized spacial score (nSPS) is 22.4. The summed E-state index contributed by atoms with van der Waals surface area (Å²) in [4.78, 5) is 15.0. The van der Waals surface area contributed by atoms with Crippen LogP contribution in [0.1, 0.15) is 34.1 Å². The molecule has 3 heterocycles. The molecule has 1 aromatic heterocycles. The number of para-hydroxylation sites is 1. The van der Waals surface area contributed by atoms with E-state index in [9.17, 15) is 18.3 Å². The molecule has 0 radical (unpaired) electrons. The predicted molar refractivity (Wildman–Crippen MR) is 112 cm³/mol. The van der Waals surface area contributed by atoms with Crippen molar-refractivity contribution in [2.75, 3.05) is 11.5 Å². The second-order valence-electron chi connectivity index (χ2n) is 7.60. The second-order valence-corrected chi connectivity index (χ2v) is 10.3. The molecule has 3 aromatic rings. The molecule has 154 valence electrons. The highest BCUT2D eigenvalue weighted by molar-refractivity contribution is 7.91. The number of fused-ring (bicyclic) bond motifs is 1. The van der Waals surface area contributed by atoms with E-state index in [0.29, 0.717) is 34.0 Å². The number of phenolic OH excluding ortho intramolecular Hbond substituents is 1. The lowest BCUT2D eigenvalue weighted by Gasteiger charge is -2.31. The van der Waals surface area contributed by atoms with Gasteiger partial charge in [0.1, 0.15) is 17.1 Å². The van der Waals surface area contributed by atoms with Crippen molar-refractivity contribution in [2.24, 2.45) is 0 Å². The number of phenols is 1. The van der Waals surface area contributed by atoms with E-state index in [4.69, 9.17) is 11.6 Å². The third kappa shape index (κ3) is 2.98. The maximum absolute atomic E-state index is 13.4. The van der Waals surface area contributed by atoms with Crippen molar-refractivity contribution in [3.8, 4) is 17.0 Å². The highest BCUT2D eigenvalue weighted by Gasteiger charge is 2.48. The molecule has 5 rings (SSSR count). The predicted octanol–water partition coefficient (Wildman–Crippen LogP) is 3.17. The number of aromatic nitrogens is 2. The van der Waals surface area contributed by atoms with Gasteiger partial charge in [-0.1, -0.05) is 35.9 Å². The largest absolute Gasteiger partial charge is 0.507 e. The van der Waals surface area contributed by atoms with Crippen LogP contribution in [0.3, 0.4) is 0 Å². The summed E-state index contributed by atoms with van der Waals surface area (Å²) in [6.45, 7) is 0. The minimum atomic E-state index is -3.20. The first-order valence-electron chi connectivity index (χ1n) is 9.51. The maximum atomic E-state index is 13.4. The van der Waals surface area contributed by atoms with Gasteiger partial charge in [-0.3, -0.25) is 9.89 Å². The van der Waals surface area contributed by atoms with Crippen LogP contribution < -0.4 is 0 Å². The fourth-order valence-corrected chi connectivity index (χ4v) is 6.33. The zero-order valence-corrected chi connectivity index (χ0v) is 17.3. The standard InChI is InChI=1S/C21H18ClN3O4S/c22-13-5-3-4-12(10-13)20-17-18(15-6-1-2-7-16(15)26)23-24-19(17)21(27)25(20)14-8-9-30(28,29)11-14/h1-7,10,14,20,26H,8-9,11H2,(H,23,24). The number of sulfone groups is 1. The Balaban J connectivity index is 1.71. The Kier molecular flexibility index (Phi) is 4.37. The molecule has 7 nitrogen and oxygen atoms in total. The molecule has 1 amide bonds. The molecule has 0 aliphatic carbocycles. The number of carbonyl (C=O) groups is 1. The van der Waals surface area contributed by atoms with Gasteiger partial charge in [0, 0.05) is 22.2 Å². The topological polar surface area (TPSA) is 103 Å². The zero-order chi connectivity index (χ0) is 21.0. The Morgan fingerprint density at radius 3 is 2.67 bits per heavy atom. The molecule has 1 saturated heterocycles. The van der Waals surface area contributed by atoms with E-state index >= 15 is 0 Å². The third-order valence-corrected chi connectivity index (χ3v) is 7.71. The van der Waals surface area contributed by atoms with Gasteiger partial charge in [-0.2, -0.15) is 5.10 Å². The van der Waals surface area contributed by atoms with E-state index in [0.717, 1.165) is 5.56 Å². The summed E-state index contributed by atoms with van der Waals surface area (Å²) in [6.07, 6.45) is 0.384. The molecule has 2 aliphatic rings. The lowest BCUT2D eigenvalue weighted by atomic mass is 9.95. The van der Waals surface area contributed by atoms with E-state index in [1.165, 1.54) is 0 Å². The van der Waals surface area contributed by atoms with Gasteiger partial charge in [0.05, 0.1) is 17.5 Å². The number of H-pyrrole nitrogens is 1. The Bertz CT molecular complexity index is 1270. The SMILES string of the molecule is O=C1c2[nH]nc(-c3ccccc3O)c2C(c2cccc(Cl)c2)N1C1CCS(=O)(=O)C1. The monoisotopic (exact) mass is 443 g/mol. The summed E-state index contributed by atoms with van der Waals surface area (Å²) in [5.74, 6) is -0.265. The molecular formula is C21H18ClN3O4S. The number of aromatic hydroxyl groups is 1. The van der Waals surface area contributed by atoms with Crippen molar-refractivity contribution in [3.63, 3.8) is 0 Å². The zero-order valence-electron chi connectivity index (χ0n) is 15.7. The summed E-state index contributed by atoms with van der Waals surface area (Å²) in [5.41, 5.74) is 2.65. The molecule has 2 unspecified atom stereocenters. The van der Waals surface area contributed by atoms with Gasteiger partial charge in [0.15, 0.2) is 9.84 Å². The number of amides is 1. The van der Waals surface area contributed by atoms with Crippen LogP contribution in [0.5, 0.6) is 5.75 Å². The van der Waals surface area contributed by atoms with Gasteiger partial charge in [0.25, 0.3) is 5.91 Å². The molecule has 2 aliphatic heterocycles. The molecule has 0 saturated carbocycles. The maximum Gasteiger partial charge on any atom is 0.273 e. The van der Waals surface area contributed by atoms with Crippen LogP contribution in [0.15, 0.2) is 48.5 Å². The van der Waals surface area contributed by atoms with Gasteiger partial charge in [-0.05, 0) is 36.2 Å². The first-order chi connectivity index (χ1) is 14.4. The van der Waals surface area contributed by atoms with Crippen molar-refractivity contribution >= 4 is 27.3 Å². The van der Waals surface area contributed by atoms with Crippen LogP contribution in [0.25, 0.3) is 11.3 Å². The van der Waals surface area contributed by atoms with Gasteiger partial charge < -0.3 is 10.0 Å². The van der Waals surface area contributed by atoms with Crippen molar-refractivity contribution in [3.05, 3.63) is 70.4 Å². The molecule has 2 N–H and O–H groups in total. The molecular weight excluding hydrogens is 426 g/mol. The Morgan fingerprint density at radius 2 is 1.97 bits per heavy atom. The highest BCUT2D eigenvalue weighted by atomic mass is 35.5. The number of benzene rings is 2. The molecule has 9 heteroatoms. The Morgan fingerprint density at radius 1 is 1.17 bits per heavy atom. The van der Waals surface area contributed by atoms with Gasteiger partial charge >= 0.3 is 0 Å². The summed E-state index contributed by atoms with van der Waals surface area (Å²) >= 11 is 6.23. The number of aromatic amines is 1. The fraction of sp³-hybridized carbons (Fsp3) is 0.238. The van der Waals surface area contributed by atoms with E-state index in [-0.39, 0.29) is 23.2 Å². The smallest absolute Gasteiger partial charge is 0.273 e. The van der Waals surface area contributed by atoms with Crippen molar-refractivity contribution in [1.29, 1.82) is 0 Å². The summed E-state index contributed by atoms with van der Waals surface area (Å²) in [7, 11) is -3.20. The average Bonchev–Trinajstić information content (AvgIpc) is 3.36. The van der Waals surface area contributed by atoms with Crippen molar-refractivity contribution in [2.45, 2.75) is 18.5 Å². The molecule has 0 bridgehead atoms. The van der Waals surface area contributed by atoms with Crippen LogP contribution in [0.2, 0.25) is 5.02 Å². The summed E-state index contributed by atoms with van der Waals surface area (Å²) in [6, 6.07) is 12.9. The van der Waals surface area contributed by atoms with E-state index in [1.54, 1.807) is 47.4 Å². The van der Waals surface area contributed by atoms with Crippen LogP contribution >= 0.6 is 11.6 Å². The average molecular weight is 444 g/mol. The van der Waals surface area contributed by atoms with Crippen molar-refractivity contribution < 1.29 is 18.3 Å². The summed E-state index contributed by atoms with van der Waals surface area (Å²) < 4.78 is 24.3. The number of hydrogen-bond acceptors (Lipinski definition) is 5. The first-order valence-corrected chi connectivity index (χ1v) is 11.7. The van der Waals surface area contributed by atoms with Gasteiger partial charge in [-0.15, -0.1) is 0 Å². The van der Waals surface area contributed by atoms with E-state index in [2.05, 4.69) is 10.2 Å². The molecule has 2 atom stereocenters. The van der Waals surface area contributed by atoms with Gasteiger partial charge in [0.2, 0.25) is 0 Å². The molecule has 2 aromatic carbocycles. The quantitative estimate of drug-likeness (QED) is 0.647. The number of hydrogen-bond donors (Lipinski definition) is 2. The Hall–Kier alpha value is -2.84. The number of rotatable bonds is 3. The highest BCUT2D eigenvalue weighted by Crippen LogP contribution is 2.46. The number of nitrogens with one attached hydrogen (secondary N) is 1. The number of carbonyl (C=O) groups excluding carboxylic acids is 1. The van der Waals surface area contributed by atoms with E-state index in [1.807, 2.05) is 6.07 Å². The molecule has 0 spiro atoms. The minimum absolute atomic E-state index is 0.0472. The van der Waals surface area contributed by atoms with E-state index < -0.39 is 21.9 Å². The Labute approximate surface area is 178 Å².